The lowest BCUT2D eigenvalue weighted by molar-refractivity contribution is 0.245. The number of nitrogens with zero attached hydrogens (tertiary/aromatic N) is 3. The van der Waals surface area contributed by atoms with Crippen LogP contribution < -0.4 is 11.1 Å². The number of nitrogens with two attached hydrogens (primary N) is 1. The minimum absolute atomic E-state index is 0.142. The second-order valence-corrected chi connectivity index (χ2v) is 9.65. The van der Waals surface area contributed by atoms with E-state index in [-0.39, 0.29) is 6.04 Å². The molecular weight excluding hydrogens is 362 g/mol. The van der Waals surface area contributed by atoms with E-state index in [1.165, 1.54) is 28.3 Å². The van der Waals surface area contributed by atoms with Crippen molar-refractivity contribution in [2.45, 2.75) is 51.0 Å². The Morgan fingerprint density at radius 3 is 2.81 bits per heavy atom. The molecule has 1 saturated heterocycles. The molecule has 1 aromatic carbocycles. The number of piperidine rings is 1. The van der Waals surface area contributed by atoms with Gasteiger partial charge >= 0.3 is 0 Å². The SMILES string of the molecule is CN(C)S(=O)(=O)N1CCCCC1CN=C(N)Nc1cccc2c1CCCC2. The van der Waals surface area contributed by atoms with E-state index in [0.717, 1.165) is 37.8 Å². The molecule has 0 amide bonds. The molecule has 0 saturated carbocycles. The number of rotatable bonds is 5. The van der Waals surface area contributed by atoms with E-state index in [0.29, 0.717) is 19.0 Å². The largest absolute Gasteiger partial charge is 0.370 e. The van der Waals surface area contributed by atoms with E-state index in [1.54, 1.807) is 18.4 Å². The van der Waals surface area contributed by atoms with Crippen molar-refractivity contribution in [1.82, 2.24) is 8.61 Å². The summed E-state index contributed by atoms with van der Waals surface area (Å²) >= 11 is 0. The van der Waals surface area contributed by atoms with E-state index in [2.05, 4.69) is 16.4 Å². The van der Waals surface area contributed by atoms with Gasteiger partial charge < -0.3 is 11.1 Å². The highest BCUT2D eigenvalue weighted by molar-refractivity contribution is 7.86. The average molecular weight is 394 g/mol. The summed E-state index contributed by atoms with van der Waals surface area (Å²) in [7, 11) is -0.295. The van der Waals surface area contributed by atoms with Gasteiger partial charge in [0.2, 0.25) is 0 Å². The first kappa shape index (κ1) is 20.1. The summed E-state index contributed by atoms with van der Waals surface area (Å²) in [4.78, 5) is 4.47. The van der Waals surface area contributed by atoms with Crippen LogP contribution in [0.5, 0.6) is 0 Å². The van der Waals surface area contributed by atoms with Crippen molar-refractivity contribution in [2.75, 3.05) is 32.5 Å². The number of hydrogen-bond donors (Lipinski definition) is 2. The van der Waals surface area contributed by atoms with E-state index < -0.39 is 10.2 Å². The first-order chi connectivity index (χ1) is 12.9. The molecule has 3 N–H and O–H groups in total. The lowest BCUT2D eigenvalue weighted by Crippen LogP contribution is -2.50. The first-order valence-electron chi connectivity index (χ1n) is 9.76. The van der Waals surface area contributed by atoms with Gasteiger partial charge in [-0.25, -0.2) is 0 Å². The average Bonchev–Trinajstić information content (AvgIpc) is 2.67. The molecule has 3 rings (SSSR count). The van der Waals surface area contributed by atoms with Crippen LogP contribution in [0.15, 0.2) is 23.2 Å². The van der Waals surface area contributed by atoms with Crippen LogP contribution in [0, 0.1) is 0 Å². The lowest BCUT2D eigenvalue weighted by atomic mass is 9.90. The van der Waals surface area contributed by atoms with Gasteiger partial charge in [0.15, 0.2) is 5.96 Å². The van der Waals surface area contributed by atoms with Crippen molar-refractivity contribution in [2.24, 2.45) is 10.7 Å². The predicted molar refractivity (Wildman–Crippen MR) is 110 cm³/mol. The lowest BCUT2D eigenvalue weighted by Gasteiger charge is -2.35. The summed E-state index contributed by atoms with van der Waals surface area (Å²) in [5, 5.41) is 3.24. The Hall–Kier alpha value is -1.64. The van der Waals surface area contributed by atoms with Crippen LogP contribution in [-0.2, 0) is 23.1 Å². The number of fused-ring (bicyclic) bond motifs is 1. The summed E-state index contributed by atoms with van der Waals surface area (Å²) < 4.78 is 27.9. The zero-order valence-corrected chi connectivity index (χ0v) is 17.1. The zero-order chi connectivity index (χ0) is 19.4. The van der Waals surface area contributed by atoms with Crippen molar-refractivity contribution in [3.05, 3.63) is 29.3 Å². The molecule has 1 aliphatic heterocycles. The normalized spacial score (nSPS) is 21.9. The molecule has 0 spiro atoms. The van der Waals surface area contributed by atoms with Crippen molar-refractivity contribution >= 4 is 21.9 Å². The van der Waals surface area contributed by atoms with Gasteiger partial charge in [0.1, 0.15) is 0 Å². The van der Waals surface area contributed by atoms with Gasteiger partial charge in [-0.2, -0.15) is 17.0 Å². The van der Waals surface area contributed by atoms with E-state index in [1.807, 2.05) is 12.1 Å². The van der Waals surface area contributed by atoms with Crippen molar-refractivity contribution in [3.63, 3.8) is 0 Å². The second-order valence-electron chi connectivity index (χ2n) is 7.55. The molecular formula is C19H31N5O2S. The first-order valence-corrected chi connectivity index (χ1v) is 11.2. The molecule has 0 aromatic heterocycles. The van der Waals surface area contributed by atoms with Gasteiger partial charge in [0, 0.05) is 32.4 Å². The predicted octanol–water partition coefficient (Wildman–Crippen LogP) is 1.95. The standard InChI is InChI=1S/C19H31N5O2S/c1-23(2)27(25,26)24-13-6-5-10-16(24)14-21-19(20)22-18-12-7-9-15-8-3-4-11-17(15)18/h7,9,12,16H,3-6,8,10-11,13-14H2,1-2H3,(H3,20,21,22). The monoisotopic (exact) mass is 393 g/mol. The van der Waals surface area contributed by atoms with E-state index >= 15 is 0 Å². The Balaban J connectivity index is 1.70. The summed E-state index contributed by atoms with van der Waals surface area (Å²) in [5.41, 5.74) is 9.87. The van der Waals surface area contributed by atoms with E-state index in [4.69, 9.17) is 5.73 Å². The number of nitrogens with one attached hydrogen (secondary N) is 1. The fraction of sp³-hybridized carbons (Fsp3) is 0.632. The number of hydrogen-bond acceptors (Lipinski definition) is 3. The van der Waals surface area contributed by atoms with Crippen LogP contribution in [0.25, 0.3) is 0 Å². The Morgan fingerprint density at radius 1 is 1.26 bits per heavy atom. The van der Waals surface area contributed by atoms with Crippen LogP contribution in [-0.4, -0.2) is 56.2 Å². The molecule has 1 aromatic rings. The summed E-state index contributed by atoms with van der Waals surface area (Å²) in [6.45, 7) is 0.918. The van der Waals surface area contributed by atoms with Gasteiger partial charge in [0.05, 0.1) is 6.54 Å². The molecule has 1 aliphatic carbocycles. The van der Waals surface area contributed by atoms with Crippen molar-refractivity contribution in [1.29, 1.82) is 0 Å². The quantitative estimate of drug-likeness (QED) is 0.591. The molecule has 0 radical (unpaired) electrons. The Labute approximate surface area is 162 Å². The highest BCUT2D eigenvalue weighted by atomic mass is 32.2. The third-order valence-electron chi connectivity index (χ3n) is 5.46. The minimum atomic E-state index is -3.43. The molecule has 1 atom stereocenters. The number of benzene rings is 1. The van der Waals surface area contributed by atoms with Crippen LogP contribution in [0.2, 0.25) is 0 Å². The maximum atomic E-state index is 12.5. The Kier molecular flexibility index (Phi) is 6.39. The molecule has 8 heteroatoms. The fourth-order valence-corrected chi connectivity index (χ4v) is 5.28. The third kappa shape index (κ3) is 4.62. The van der Waals surface area contributed by atoms with Crippen LogP contribution in [0.1, 0.15) is 43.2 Å². The second kappa shape index (κ2) is 8.58. The van der Waals surface area contributed by atoms with E-state index in [9.17, 15) is 8.42 Å². The maximum Gasteiger partial charge on any atom is 0.281 e. The molecule has 7 nitrogen and oxygen atoms in total. The Bertz CT molecular complexity index is 791. The fourth-order valence-electron chi connectivity index (χ4n) is 3.95. The third-order valence-corrected chi connectivity index (χ3v) is 7.46. The molecule has 1 fully saturated rings. The summed E-state index contributed by atoms with van der Waals surface area (Å²) in [6, 6.07) is 6.12. The smallest absolute Gasteiger partial charge is 0.281 e. The van der Waals surface area contributed by atoms with Crippen molar-refractivity contribution < 1.29 is 8.42 Å². The molecule has 1 heterocycles. The Morgan fingerprint density at radius 2 is 2.04 bits per heavy atom. The number of aryl methyl sites for hydroxylation is 1. The van der Waals surface area contributed by atoms with Gasteiger partial charge in [0.25, 0.3) is 10.2 Å². The minimum Gasteiger partial charge on any atom is -0.370 e. The van der Waals surface area contributed by atoms with Crippen molar-refractivity contribution in [3.8, 4) is 0 Å². The number of anilines is 1. The molecule has 2 aliphatic rings. The maximum absolute atomic E-state index is 12.5. The van der Waals surface area contributed by atoms with Gasteiger partial charge in [-0.15, -0.1) is 0 Å². The van der Waals surface area contributed by atoms with Gasteiger partial charge in [-0.05, 0) is 55.7 Å². The van der Waals surface area contributed by atoms with Gasteiger partial charge in [-0.3, -0.25) is 4.99 Å². The molecule has 27 heavy (non-hydrogen) atoms. The summed E-state index contributed by atoms with van der Waals surface area (Å²) in [5.74, 6) is 0.349. The number of guanidine groups is 1. The van der Waals surface area contributed by atoms with Crippen LogP contribution in [0.4, 0.5) is 5.69 Å². The highest BCUT2D eigenvalue weighted by Gasteiger charge is 2.33. The van der Waals surface area contributed by atoms with Crippen LogP contribution in [0.3, 0.4) is 0 Å². The summed E-state index contributed by atoms with van der Waals surface area (Å²) in [6.07, 6.45) is 7.31. The topological polar surface area (TPSA) is 91.0 Å². The molecule has 1 unspecified atom stereocenters. The highest BCUT2D eigenvalue weighted by Crippen LogP contribution is 2.28. The van der Waals surface area contributed by atoms with Gasteiger partial charge in [-0.1, -0.05) is 18.6 Å². The molecule has 150 valence electrons. The molecule has 0 bridgehead atoms. The van der Waals surface area contributed by atoms with Crippen LogP contribution >= 0.6 is 0 Å². The zero-order valence-electron chi connectivity index (χ0n) is 16.3. The number of aliphatic imine (C=N–C) groups is 1.